The molecular formula is C13H19NO2S. The number of aryl methyl sites for hydroxylation is 1. The number of thiol groups is 1. The number of benzene rings is 1. The van der Waals surface area contributed by atoms with E-state index in [9.17, 15) is 4.79 Å². The number of carbonyl (C=O) groups is 1. The Labute approximate surface area is 108 Å². The third-order valence-corrected chi connectivity index (χ3v) is 2.58. The van der Waals surface area contributed by atoms with Gasteiger partial charge in [0.05, 0.1) is 12.7 Å². The van der Waals surface area contributed by atoms with Gasteiger partial charge >= 0.3 is 0 Å². The van der Waals surface area contributed by atoms with E-state index in [1.807, 2.05) is 32.9 Å². The Morgan fingerprint density at radius 3 is 2.82 bits per heavy atom. The first-order valence-corrected chi connectivity index (χ1v) is 6.15. The lowest BCUT2D eigenvalue weighted by Crippen LogP contribution is -2.28. The zero-order chi connectivity index (χ0) is 12.8. The summed E-state index contributed by atoms with van der Waals surface area (Å²) in [6, 6.07) is 5.54. The summed E-state index contributed by atoms with van der Waals surface area (Å²) in [4.78, 5) is 12.7. The zero-order valence-corrected chi connectivity index (χ0v) is 11.4. The zero-order valence-electron chi connectivity index (χ0n) is 10.5. The average molecular weight is 253 g/mol. The number of carbonyl (C=O) groups excluding carboxylic acids is 1. The molecule has 0 heterocycles. The number of ether oxygens (including phenoxy) is 1. The summed E-state index contributed by atoms with van der Waals surface area (Å²) in [5, 5.41) is 2.82. The summed E-state index contributed by atoms with van der Waals surface area (Å²) in [6.45, 7) is 6.90. The summed E-state index contributed by atoms with van der Waals surface area (Å²) >= 11 is 4.23. The van der Waals surface area contributed by atoms with E-state index in [2.05, 4.69) is 17.9 Å². The first-order valence-electron chi connectivity index (χ1n) is 5.70. The van der Waals surface area contributed by atoms with Crippen molar-refractivity contribution in [1.29, 1.82) is 0 Å². The van der Waals surface area contributed by atoms with Crippen LogP contribution in [0, 0.1) is 6.92 Å². The molecule has 4 heteroatoms. The largest absolute Gasteiger partial charge is 0.377 e. The highest BCUT2D eigenvalue weighted by Gasteiger charge is 2.08. The highest BCUT2D eigenvalue weighted by molar-refractivity contribution is 7.80. The van der Waals surface area contributed by atoms with Gasteiger partial charge in [-0.05, 0) is 38.5 Å². The van der Waals surface area contributed by atoms with Crippen molar-refractivity contribution in [3.05, 3.63) is 29.3 Å². The average Bonchev–Trinajstić information content (AvgIpc) is 2.27. The Morgan fingerprint density at radius 2 is 2.18 bits per heavy atom. The molecule has 1 amide bonds. The van der Waals surface area contributed by atoms with Crippen molar-refractivity contribution in [1.82, 2.24) is 5.32 Å². The molecule has 0 spiro atoms. The standard InChI is InChI=1S/C13H19NO2S/c1-9(2)16-7-6-14-13(15)12-8-11(17)5-4-10(12)3/h4-5,8-9,17H,6-7H2,1-3H3,(H,14,15). The van der Waals surface area contributed by atoms with Crippen LogP contribution in [0.2, 0.25) is 0 Å². The van der Waals surface area contributed by atoms with Gasteiger partial charge in [-0.2, -0.15) is 0 Å². The Hall–Kier alpha value is -1.00. The summed E-state index contributed by atoms with van der Waals surface area (Å²) in [7, 11) is 0. The fourth-order valence-corrected chi connectivity index (χ4v) is 1.61. The van der Waals surface area contributed by atoms with Crippen LogP contribution in [0.4, 0.5) is 0 Å². The quantitative estimate of drug-likeness (QED) is 0.625. The molecule has 0 aliphatic carbocycles. The second-order valence-corrected chi connectivity index (χ2v) is 4.69. The molecule has 0 aromatic heterocycles. The molecule has 0 radical (unpaired) electrons. The summed E-state index contributed by atoms with van der Waals surface area (Å²) < 4.78 is 5.35. The van der Waals surface area contributed by atoms with Gasteiger partial charge in [0.1, 0.15) is 0 Å². The van der Waals surface area contributed by atoms with Gasteiger partial charge < -0.3 is 10.1 Å². The first kappa shape index (κ1) is 14.1. The lowest BCUT2D eigenvalue weighted by Gasteiger charge is -2.10. The molecule has 0 saturated carbocycles. The molecule has 0 atom stereocenters. The van der Waals surface area contributed by atoms with Gasteiger partial charge in [0.25, 0.3) is 5.91 Å². The normalized spacial score (nSPS) is 10.6. The first-order chi connectivity index (χ1) is 8.00. The summed E-state index contributed by atoms with van der Waals surface area (Å²) in [5.41, 5.74) is 1.62. The van der Waals surface area contributed by atoms with Gasteiger partial charge in [-0.15, -0.1) is 12.6 Å². The maximum absolute atomic E-state index is 11.9. The van der Waals surface area contributed by atoms with Crippen LogP contribution in [0.1, 0.15) is 29.8 Å². The Bertz CT molecular complexity index is 391. The van der Waals surface area contributed by atoms with E-state index in [0.29, 0.717) is 18.7 Å². The van der Waals surface area contributed by atoms with Gasteiger partial charge in [-0.3, -0.25) is 4.79 Å². The van der Waals surface area contributed by atoms with Gasteiger partial charge in [0.15, 0.2) is 0 Å². The van der Waals surface area contributed by atoms with Gasteiger partial charge in [-0.25, -0.2) is 0 Å². The van der Waals surface area contributed by atoms with Crippen molar-refractivity contribution in [2.75, 3.05) is 13.2 Å². The third-order valence-electron chi connectivity index (χ3n) is 2.30. The minimum absolute atomic E-state index is 0.0780. The topological polar surface area (TPSA) is 38.3 Å². The predicted octanol–water partition coefficient (Wildman–Crippen LogP) is 2.44. The molecule has 0 unspecified atom stereocenters. The summed E-state index contributed by atoms with van der Waals surface area (Å²) in [6.07, 6.45) is 0.189. The maximum atomic E-state index is 11.9. The molecule has 17 heavy (non-hydrogen) atoms. The Kier molecular flexibility index (Phi) is 5.51. The van der Waals surface area contributed by atoms with Crippen LogP contribution >= 0.6 is 12.6 Å². The van der Waals surface area contributed by atoms with Crippen LogP contribution in [-0.4, -0.2) is 25.2 Å². The van der Waals surface area contributed by atoms with Gasteiger partial charge in [0.2, 0.25) is 0 Å². The van der Waals surface area contributed by atoms with Crippen LogP contribution in [0.15, 0.2) is 23.1 Å². The molecule has 0 saturated heterocycles. The molecule has 0 bridgehead atoms. The maximum Gasteiger partial charge on any atom is 0.251 e. The second kappa shape index (κ2) is 6.67. The molecular weight excluding hydrogens is 234 g/mol. The van der Waals surface area contributed by atoms with Gasteiger partial charge in [0, 0.05) is 17.0 Å². The van der Waals surface area contributed by atoms with Gasteiger partial charge in [-0.1, -0.05) is 6.07 Å². The van der Waals surface area contributed by atoms with Crippen LogP contribution in [0.3, 0.4) is 0 Å². The van der Waals surface area contributed by atoms with E-state index in [0.717, 1.165) is 10.5 Å². The fraction of sp³-hybridized carbons (Fsp3) is 0.462. The van der Waals surface area contributed by atoms with Crippen molar-refractivity contribution in [2.24, 2.45) is 0 Å². The molecule has 1 rings (SSSR count). The van der Waals surface area contributed by atoms with E-state index < -0.39 is 0 Å². The smallest absolute Gasteiger partial charge is 0.251 e. The van der Waals surface area contributed by atoms with Crippen LogP contribution < -0.4 is 5.32 Å². The monoisotopic (exact) mass is 253 g/mol. The minimum atomic E-state index is -0.0780. The highest BCUT2D eigenvalue weighted by atomic mass is 32.1. The van der Waals surface area contributed by atoms with Crippen molar-refractivity contribution in [2.45, 2.75) is 31.8 Å². The van der Waals surface area contributed by atoms with E-state index in [4.69, 9.17) is 4.74 Å². The van der Waals surface area contributed by atoms with E-state index in [1.54, 1.807) is 6.07 Å². The Balaban J connectivity index is 2.49. The Morgan fingerprint density at radius 1 is 1.47 bits per heavy atom. The molecule has 3 nitrogen and oxygen atoms in total. The predicted molar refractivity (Wildman–Crippen MR) is 71.9 cm³/mol. The van der Waals surface area contributed by atoms with Crippen LogP contribution in [0.25, 0.3) is 0 Å². The number of nitrogens with one attached hydrogen (secondary N) is 1. The number of rotatable bonds is 5. The van der Waals surface area contributed by atoms with Crippen LogP contribution in [0.5, 0.6) is 0 Å². The minimum Gasteiger partial charge on any atom is -0.377 e. The number of amides is 1. The summed E-state index contributed by atoms with van der Waals surface area (Å²) in [5.74, 6) is -0.0780. The number of hydrogen-bond acceptors (Lipinski definition) is 3. The van der Waals surface area contributed by atoms with Crippen molar-refractivity contribution >= 4 is 18.5 Å². The molecule has 0 fully saturated rings. The third kappa shape index (κ3) is 4.79. The fourth-order valence-electron chi connectivity index (χ4n) is 1.41. The van der Waals surface area contributed by atoms with E-state index in [1.165, 1.54) is 0 Å². The van der Waals surface area contributed by atoms with Crippen molar-refractivity contribution in [3.63, 3.8) is 0 Å². The van der Waals surface area contributed by atoms with E-state index in [-0.39, 0.29) is 12.0 Å². The molecule has 1 aromatic rings. The lowest BCUT2D eigenvalue weighted by atomic mass is 10.1. The van der Waals surface area contributed by atoms with Crippen LogP contribution in [-0.2, 0) is 4.74 Å². The molecule has 94 valence electrons. The molecule has 1 N–H and O–H groups in total. The second-order valence-electron chi connectivity index (χ2n) is 4.17. The van der Waals surface area contributed by atoms with E-state index >= 15 is 0 Å². The molecule has 0 aliphatic rings. The number of hydrogen-bond donors (Lipinski definition) is 2. The molecule has 0 aliphatic heterocycles. The molecule has 1 aromatic carbocycles. The SMILES string of the molecule is Cc1ccc(S)cc1C(=O)NCCOC(C)C. The highest BCUT2D eigenvalue weighted by Crippen LogP contribution is 2.13. The van der Waals surface area contributed by atoms with Crippen molar-refractivity contribution in [3.8, 4) is 0 Å². The lowest BCUT2D eigenvalue weighted by molar-refractivity contribution is 0.0746. The van der Waals surface area contributed by atoms with Crippen molar-refractivity contribution < 1.29 is 9.53 Å².